The van der Waals surface area contributed by atoms with Crippen LogP contribution in [0.3, 0.4) is 0 Å². The summed E-state index contributed by atoms with van der Waals surface area (Å²) in [4.78, 5) is 2.51. The second kappa shape index (κ2) is 12.0. The van der Waals surface area contributed by atoms with Crippen LogP contribution in [-0.4, -0.2) is 0 Å². The number of anilines is 3. The van der Waals surface area contributed by atoms with Gasteiger partial charge in [0, 0.05) is 31.3 Å². The zero-order valence-corrected chi connectivity index (χ0v) is 27.1. The van der Waals surface area contributed by atoms with Gasteiger partial charge in [-0.05, 0) is 63.4 Å². The van der Waals surface area contributed by atoms with Gasteiger partial charge in [-0.2, -0.15) is 0 Å². The van der Waals surface area contributed by atoms with Crippen molar-refractivity contribution in [2.45, 2.75) is 0 Å². The zero-order chi connectivity index (χ0) is 31.9. The lowest BCUT2D eigenvalue weighted by atomic mass is 9.93. The van der Waals surface area contributed by atoms with E-state index in [-0.39, 0.29) is 0 Å². The molecule has 0 fully saturated rings. The maximum atomic E-state index is 2.51. The number of benzene rings is 8. The molecule has 226 valence electrons. The first-order valence-corrected chi connectivity index (χ1v) is 17.2. The van der Waals surface area contributed by atoms with Crippen LogP contribution in [0.15, 0.2) is 188 Å². The summed E-state index contributed by atoms with van der Waals surface area (Å²) in [6, 6.07) is 68.3. The Morgan fingerprint density at radius 1 is 0.333 bits per heavy atom. The predicted octanol–water partition coefficient (Wildman–Crippen LogP) is 13.7. The molecule has 9 aromatic rings. The lowest BCUT2D eigenvalue weighted by Crippen LogP contribution is -2.13. The summed E-state index contributed by atoms with van der Waals surface area (Å²) in [5.41, 5.74) is 10.6. The Bertz CT molecular complexity index is 2560. The van der Waals surface area contributed by atoms with E-state index in [1.54, 1.807) is 0 Å². The molecule has 0 spiro atoms. The van der Waals surface area contributed by atoms with E-state index in [4.69, 9.17) is 0 Å². The summed E-state index contributed by atoms with van der Waals surface area (Å²) in [5.74, 6) is 0. The van der Waals surface area contributed by atoms with Gasteiger partial charge >= 0.3 is 0 Å². The van der Waals surface area contributed by atoms with Gasteiger partial charge in [0.1, 0.15) is 0 Å². The van der Waals surface area contributed by atoms with Crippen LogP contribution in [0.2, 0.25) is 0 Å². The van der Waals surface area contributed by atoms with Gasteiger partial charge in [-0.15, -0.1) is 11.3 Å². The van der Waals surface area contributed by atoms with Crippen molar-refractivity contribution in [3.8, 4) is 33.4 Å². The first-order chi connectivity index (χ1) is 23.8. The molecule has 1 aromatic heterocycles. The van der Waals surface area contributed by atoms with Gasteiger partial charge < -0.3 is 4.90 Å². The van der Waals surface area contributed by atoms with E-state index in [1.807, 2.05) is 11.3 Å². The quantitative estimate of drug-likeness (QED) is 0.177. The number of thiophene rings is 1. The molecule has 1 nitrogen and oxygen atoms in total. The highest BCUT2D eigenvalue weighted by Gasteiger charge is 2.24. The lowest BCUT2D eigenvalue weighted by Gasteiger charge is -2.31. The van der Waals surface area contributed by atoms with Gasteiger partial charge in [0.05, 0.1) is 17.1 Å². The molecule has 48 heavy (non-hydrogen) atoms. The largest absolute Gasteiger partial charge is 0.309 e. The minimum atomic E-state index is 1.14. The minimum absolute atomic E-state index is 1.14. The third-order valence-electron chi connectivity index (χ3n) is 9.28. The molecule has 0 N–H and O–H groups in total. The predicted molar refractivity (Wildman–Crippen MR) is 208 cm³/mol. The highest BCUT2D eigenvalue weighted by molar-refractivity contribution is 7.26. The first kappa shape index (κ1) is 28.3. The monoisotopic (exact) mass is 629 g/mol. The molecule has 9 rings (SSSR count). The standard InChI is InChI=1S/C46H31NS/c1-3-15-33(16-4-1)38-22-9-11-25-41(38)47(42-26-14-28-45-46(42)40-23-10-12-27-44(40)48-45)43-31-35(29-30-39(43)34-17-5-2-6-18-34)37-24-13-20-32-19-7-8-21-36(32)37/h1-31H. The molecule has 0 radical (unpaired) electrons. The van der Waals surface area contributed by atoms with Crippen LogP contribution in [0.25, 0.3) is 64.3 Å². The number of hydrogen-bond acceptors (Lipinski definition) is 2. The maximum absolute atomic E-state index is 2.51. The van der Waals surface area contributed by atoms with Crippen LogP contribution < -0.4 is 4.90 Å². The van der Waals surface area contributed by atoms with Crippen molar-refractivity contribution in [3.63, 3.8) is 0 Å². The molecule has 0 aliphatic rings. The van der Waals surface area contributed by atoms with Crippen molar-refractivity contribution in [1.29, 1.82) is 0 Å². The molecule has 0 aliphatic heterocycles. The third kappa shape index (κ3) is 4.86. The normalized spacial score (nSPS) is 11.3. The zero-order valence-electron chi connectivity index (χ0n) is 26.3. The average Bonchev–Trinajstić information content (AvgIpc) is 3.55. The third-order valence-corrected chi connectivity index (χ3v) is 10.4. The van der Waals surface area contributed by atoms with Crippen LogP contribution in [0, 0.1) is 0 Å². The summed E-state index contributed by atoms with van der Waals surface area (Å²) in [6.07, 6.45) is 0. The summed E-state index contributed by atoms with van der Waals surface area (Å²) in [7, 11) is 0. The Morgan fingerprint density at radius 3 is 1.71 bits per heavy atom. The Morgan fingerprint density at radius 2 is 0.896 bits per heavy atom. The smallest absolute Gasteiger partial charge is 0.0555 e. The molecule has 1 heterocycles. The van der Waals surface area contributed by atoms with E-state index in [9.17, 15) is 0 Å². The molecule has 0 bridgehead atoms. The molecule has 0 unspecified atom stereocenters. The Labute approximate surface area is 284 Å². The summed E-state index contributed by atoms with van der Waals surface area (Å²) >= 11 is 1.86. The van der Waals surface area contributed by atoms with E-state index >= 15 is 0 Å². The second-order valence-corrected chi connectivity index (χ2v) is 13.2. The van der Waals surface area contributed by atoms with Crippen molar-refractivity contribution in [2.24, 2.45) is 0 Å². The number of hydrogen-bond donors (Lipinski definition) is 0. The Kier molecular flexibility index (Phi) is 7.07. The average molecular weight is 630 g/mol. The van der Waals surface area contributed by atoms with E-state index in [2.05, 4.69) is 193 Å². The van der Waals surface area contributed by atoms with Crippen molar-refractivity contribution in [3.05, 3.63) is 188 Å². The van der Waals surface area contributed by atoms with E-state index in [1.165, 1.54) is 70.0 Å². The molecular weight excluding hydrogens is 599 g/mol. The van der Waals surface area contributed by atoms with Gasteiger partial charge in [-0.3, -0.25) is 0 Å². The highest BCUT2D eigenvalue weighted by Crippen LogP contribution is 2.50. The molecule has 0 amide bonds. The molecule has 0 aliphatic carbocycles. The summed E-state index contributed by atoms with van der Waals surface area (Å²) in [6.45, 7) is 0. The second-order valence-electron chi connectivity index (χ2n) is 12.1. The number of para-hydroxylation sites is 1. The summed E-state index contributed by atoms with van der Waals surface area (Å²) in [5, 5.41) is 5.04. The van der Waals surface area contributed by atoms with Gasteiger partial charge in [0.25, 0.3) is 0 Å². The Balaban J connectivity index is 1.41. The van der Waals surface area contributed by atoms with Gasteiger partial charge in [0.2, 0.25) is 0 Å². The first-order valence-electron chi connectivity index (χ1n) is 16.4. The summed E-state index contributed by atoms with van der Waals surface area (Å²) < 4.78 is 2.58. The fourth-order valence-electron chi connectivity index (χ4n) is 7.09. The molecule has 0 saturated carbocycles. The molecule has 2 heteroatoms. The van der Waals surface area contributed by atoms with Crippen molar-refractivity contribution in [2.75, 3.05) is 4.90 Å². The maximum Gasteiger partial charge on any atom is 0.0555 e. The SMILES string of the molecule is c1ccc(-c2ccccc2N(c2cc(-c3cccc4ccccc34)ccc2-c2ccccc2)c2cccc3sc4ccccc4c23)cc1. The number of nitrogens with zero attached hydrogens (tertiary/aromatic N) is 1. The van der Waals surface area contributed by atoms with Crippen LogP contribution in [0.1, 0.15) is 0 Å². The number of fused-ring (bicyclic) bond motifs is 4. The fourth-order valence-corrected chi connectivity index (χ4v) is 8.21. The minimum Gasteiger partial charge on any atom is -0.309 e. The molecule has 0 saturated heterocycles. The highest BCUT2D eigenvalue weighted by atomic mass is 32.1. The van der Waals surface area contributed by atoms with Gasteiger partial charge in [0.15, 0.2) is 0 Å². The van der Waals surface area contributed by atoms with Crippen molar-refractivity contribution >= 4 is 59.3 Å². The van der Waals surface area contributed by atoms with Crippen LogP contribution in [0.4, 0.5) is 17.1 Å². The van der Waals surface area contributed by atoms with Crippen LogP contribution in [-0.2, 0) is 0 Å². The molecular formula is C46H31NS. The van der Waals surface area contributed by atoms with Gasteiger partial charge in [-0.25, -0.2) is 0 Å². The number of rotatable bonds is 6. The van der Waals surface area contributed by atoms with E-state index < -0.39 is 0 Å². The van der Waals surface area contributed by atoms with Crippen LogP contribution >= 0.6 is 11.3 Å². The van der Waals surface area contributed by atoms with Crippen molar-refractivity contribution in [1.82, 2.24) is 0 Å². The van der Waals surface area contributed by atoms with Crippen LogP contribution in [0.5, 0.6) is 0 Å². The van der Waals surface area contributed by atoms with Gasteiger partial charge in [-0.1, -0.05) is 158 Å². The fraction of sp³-hybridized carbons (Fsp3) is 0. The molecule has 0 atom stereocenters. The van der Waals surface area contributed by atoms with E-state index in [0.29, 0.717) is 0 Å². The Hall–Kier alpha value is -5.96. The lowest BCUT2D eigenvalue weighted by molar-refractivity contribution is 1.30. The van der Waals surface area contributed by atoms with E-state index in [0.717, 1.165) is 11.4 Å². The van der Waals surface area contributed by atoms with Crippen molar-refractivity contribution < 1.29 is 0 Å². The molecule has 8 aromatic carbocycles. The topological polar surface area (TPSA) is 3.24 Å².